The normalized spacial score (nSPS) is 16.1. The summed E-state index contributed by atoms with van der Waals surface area (Å²) in [6, 6.07) is 23.7. The molecule has 1 fully saturated rings. The van der Waals surface area contributed by atoms with Gasteiger partial charge in [-0.15, -0.1) is 0 Å². The number of rotatable bonds is 8. The van der Waals surface area contributed by atoms with Gasteiger partial charge in [0.15, 0.2) is 0 Å². The minimum atomic E-state index is -3.47. The van der Waals surface area contributed by atoms with E-state index in [9.17, 15) is 8.42 Å². The van der Waals surface area contributed by atoms with E-state index in [0.29, 0.717) is 11.4 Å². The maximum atomic E-state index is 12.6. The Bertz CT molecular complexity index is 1060. The molecule has 30 heavy (non-hydrogen) atoms. The standard InChI is InChI=1S/C24H29N3O2S/c28-30(29,24-12-11-22-9-4-5-10-23(22)19-24)25-13-6-14-26-15-17-27(18-16-26)20-21-7-2-1-3-8-21/h1-5,7-12,19,25H,6,13-18,20H2. The Morgan fingerprint density at radius 2 is 1.43 bits per heavy atom. The third-order valence-corrected chi connectivity index (χ3v) is 7.15. The molecular formula is C24H29N3O2S. The zero-order valence-electron chi connectivity index (χ0n) is 17.2. The average molecular weight is 424 g/mol. The van der Waals surface area contributed by atoms with Crippen LogP contribution in [0, 0.1) is 0 Å². The fourth-order valence-corrected chi connectivity index (χ4v) is 5.05. The summed E-state index contributed by atoms with van der Waals surface area (Å²) >= 11 is 0. The van der Waals surface area contributed by atoms with Gasteiger partial charge in [-0.3, -0.25) is 4.90 Å². The maximum absolute atomic E-state index is 12.6. The minimum Gasteiger partial charge on any atom is -0.301 e. The molecule has 6 heteroatoms. The van der Waals surface area contributed by atoms with Crippen LogP contribution in [0.2, 0.25) is 0 Å². The molecule has 1 saturated heterocycles. The summed E-state index contributed by atoms with van der Waals surface area (Å²) in [5.74, 6) is 0. The van der Waals surface area contributed by atoms with Crippen LogP contribution in [0.4, 0.5) is 0 Å². The SMILES string of the molecule is O=S(=O)(NCCCN1CCN(Cc2ccccc2)CC1)c1ccc2ccccc2c1. The Morgan fingerprint density at radius 1 is 0.767 bits per heavy atom. The molecule has 3 aromatic rings. The molecule has 0 unspecified atom stereocenters. The van der Waals surface area contributed by atoms with Gasteiger partial charge < -0.3 is 4.90 Å². The van der Waals surface area contributed by atoms with Crippen LogP contribution >= 0.6 is 0 Å². The minimum absolute atomic E-state index is 0.329. The molecule has 0 spiro atoms. The van der Waals surface area contributed by atoms with E-state index in [4.69, 9.17) is 0 Å². The Morgan fingerprint density at radius 3 is 2.20 bits per heavy atom. The number of sulfonamides is 1. The van der Waals surface area contributed by atoms with E-state index in [1.165, 1.54) is 5.56 Å². The first-order valence-electron chi connectivity index (χ1n) is 10.6. The van der Waals surface area contributed by atoms with Gasteiger partial charge in [-0.1, -0.05) is 60.7 Å². The van der Waals surface area contributed by atoms with Crippen LogP contribution < -0.4 is 4.72 Å². The predicted molar refractivity (Wildman–Crippen MR) is 122 cm³/mol. The maximum Gasteiger partial charge on any atom is 0.240 e. The molecule has 1 N–H and O–H groups in total. The molecule has 3 aromatic carbocycles. The molecule has 0 bridgehead atoms. The zero-order valence-corrected chi connectivity index (χ0v) is 18.0. The topological polar surface area (TPSA) is 52.7 Å². The summed E-state index contributed by atoms with van der Waals surface area (Å²) in [5, 5.41) is 1.98. The van der Waals surface area contributed by atoms with Crippen LogP contribution in [0.3, 0.4) is 0 Å². The largest absolute Gasteiger partial charge is 0.301 e. The Balaban J connectivity index is 1.20. The van der Waals surface area contributed by atoms with Gasteiger partial charge in [-0.2, -0.15) is 0 Å². The second-order valence-corrected chi connectivity index (χ2v) is 9.63. The van der Waals surface area contributed by atoms with Crippen LogP contribution in [0.5, 0.6) is 0 Å². The lowest BCUT2D eigenvalue weighted by atomic mass is 10.1. The fraction of sp³-hybridized carbons (Fsp3) is 0.333. The van der Waals surface area contributed by atoms with Crippen molar-refractivity contribution in [3.63, 3.8) is 0 Å². The molecule has 5 nitrogen and oxygen atoms in total. The highest BCUT2D eigenvalue weighted by Gasteiger charge is 2.17. The van der Waals surface area contributed by atoms with Crippen LogP contribution in [-0.2, 0) is 16.6 Å². The van der Waals surface area contributed by atoms with Crippen LogP contribution in [0.15, 0.2) is 77.7 Å². The second-order valence-electron chi connectivity index (χ2n) is 7.86. The van der Waals surface area contributed by atoms with Crippen molar-refractivity contribution in [2.24, 2.45) is 0 Å². The predicted octanol–water partition coefficient (Wildman–Crippen LogP) is 3.33. The fourth-order valence-electron chi connectivity index (χ4n) is 3.94. The van der Waals surface area contributed by atoms with E-state index in [-0.39, 0.29) is 0 Å². The molecule has 0 atom stereocenters. The highest BCUT2D eigenvalue weighted by molar-refractivity contribution is 7.89. The van der Waals surface area contributed by atoms with Crippen molar-refractivity contribution in [2.45, 2.75) is 17.9 Å². The number of hydrogen-bond acceptors (Lipinski definition) is 4. The van der Waals surface area contributed by atoms with E-state index in [2.05, 4.69) is 44.9 Å². The molecule has 1 aliphatic rings. The third kappa shape index (κ3) is 5.46. The summed E-state index contributed by atoms with van der Waals surface area (Å²) in [7, 11) is -3.47. The van der Waals surface area contributed by atoms with Gasteiger partial charge in [0.2, 0.25) is 10.0 Å². The smallest absolute Gasteiger partial charge is 0.240 e. The number of nitrogens with one attached hydrogen (secondary N) is 1. The second kappa shape index (κ2) is 9.71. The average Bonchev–Trinajstić information content (AvgIpc) is 2.78. The van der Waals surface area contributed by atoms with Crippen molar-refractivity contribution in [3.8, 4) is 0 Å². The molecule has 0 aliphatic carbocycles. The molecule has 158 valence electrons. The molecule has 0 amide bonds. The van der Waals surface area contributed by atoms with Crippen molar-refractivity contribution in [1.82, 2.24) is 14.5 Å². The lowest BCUT2D eigenvalue weighted by Crippen LogP contribution is -2.46. The van der Waals surface area contributed by atoms with Crippen molar-refractivity contribution < 1.29 is 8.42 Å². The first-order valence-corrected chi connectivity index (χ1v) is 12.1. The highest BCUT2D eigenvalue weighted by Crippen LogP contribution is 2.18. The van der Waals surface area contributed by atoms with Gasteiger partial charge in [0.1, 0.15) is 0 Å². The Kier molecular flexibility index (Phi) is 6.79. The zero-order chi connectivity index (χ0) is 20.8. The van der Waals surface area contributed by atoms with E-state index in [1.54, 1.807) is 12.1 Å². The molecule has 0 aromatic heterocycles. The molecule has 0 saturated carbocycles. The van der Waals surface area contributed by atoms with E-state index >= 15 is 0 Å². The molecule has 1 heterocycles. The van der Waals surface area contributed by atoms with E-state index < -0.39 is 10.0 Å². The van der Waals surface area contributed by atoms with Crippen molar-refractivity contribution in [3.05, 3.63) is 78.4 Å². The first kappa shape index (κ1) is 21.0. The van der Waals surface area contributed by atoms with Crippen LogP contribution in [0.1, 0.15) is 12.0 Å². The Labute approximate surface area is 179 Å². The molecular weight excluding hydrogens is 394 g/mol. The van der Waals surface area contributed by atoms with Gasteiger partial charge in [0.05, 0.1) is 4.90 Å². The van der Waals surface area contributed by atoms with Crippen molar-refractivity contribution >= 4 is 20.8 Å². The number of piperazine rings is 1. The summed E-state index contributed by atoms with van der Waals surface area (Å²) in [6.45, 7) is 6.54. The van der Waals surface area contributed by atoms with Gasteiger partial charge in [0.25, 0.3) is 0 Å². The number of fused-ring (bicyclic) bond motifs is 1. The summed E-state index contributed by atoms with van der Waals surface area (Å²) < 4.78 is 28.0. The third-order valence-electron chi connectivity index (χ3n) is 5.69. The van der Waals surface area contributed by atoms with Gasteiger partial charge in [-0.25, -0.2) is 13.1 Å². The lowest BCUT2D eigenvalue weighted by Gasteiger charge is -2.34. The van der Waals surface area contributed by atoms with Crippen LogP contribution in [0.25, 0.3) is 10.8 Å². The van der Waals surface area contributed by atoms with Gasteiger partial charge in [-0.05, 0) is 41.4 Å². The number of hydrogen-bond donors (Lipinski definition) is 1. The lowest BCUT2D eigenvalue weighted by molar-refractivity contribution is 0.126. The van der Waals surface area contributed by atoms with E-state index in [0.717, 1.165) is 56.5 Å². The van der Waals surface area contributed by atoms with Crippen LogP contribution in [-0.4, -0.2) is 57.5 Å². The quantitative estimate of drug-likeness (QED) is 0.565. The summed E-state index contributed by atoms with van der Waals surface area (Å²) in [6.07, 6.45) is 0.811. The van der Waals surface area contributed by atoms with Crippen molar-refractivity contribution in [1.29, 1.82) is 0 Å². The van der Waals surface area contributed by atoms with Gasteiger partial charge in [0, 0.05) is 39.3 Å². The van der Waals surface area contributed by atoms with Crippen molar-refractivity contribution in [2.75, 3.05) is 39.3 Å². The van der Waals surface area contributed by atoms with E-state index in [1.807, 2.05) is 30.3 Å². The summed E-state index contributed by atoms with van der Waals surface area (Å²) in [4.78, 5) is 5.23. The molecule has 4 rings (SSSR count). The molecule has 0 radical (unpaired) electrons. The van der Waals surface area contributed by atoms with Gasteiger partial charge >= 0.3 is 0 Å². The number of benzene rings is 3. The monoisotopic (exact) mass is 423 g/mol. The summed E-state index contributed by atoms with van der Waals surface area (Å²) in [5.41, 5.74) is 1.36. The molecule has 1 aliphatic heterocycles. The first-order chi connectivity index (χ1) is 14.6. The Hall–Kier alpha value is -2.25. The highest BCUT2D eigenvalue weighted by atomic mass is 32.2. The number of nitrogens with zero attached hydrogens (tertiary/aromatic N) is 2.